The van der Waals surface area contributed by atoms with Gasteiger partial charge in [0.05, 0.1) is 7.11 Å². The van der Waals surface area contributed by atoms with E-state index >= 15 is 0 Å². The largest absolute Gasteiger partial charge is 0.493 e. The summed E-state index contributed by atoms with van der Waals surface area (Å²) in [5, 5.41) is 2.80. The minimum atomic E-state index is -0.282. The van der Waals surface area contributed by atoms with Gasteiger partial charge in [-0.05, 0) is 43.7 Å². The molecule has 1 N–H and O–H groups in total. The second kappa shape index (κ2) is 7.45. The number of aryl methyl sites for hydroxylation is 2. The van der Waals surface area contributed by atoms with Crippen LogP contribution in [0.1, 0.15) is 21.5 Å². The van der Waals surface area contributed by atoms with Gasteiger partial charge in [0.15, 0.2) is 18.1 Å². The van der Waals surface area contributed by atoms with Crippen LogP contribution in [0.3, 0.4) is 0 Å². The normalized spacial score (nSPS) is 10.0. The number of hydrogen-bond donors (Lipinski definition) is 1. The van der Waals surface area contributed by atoms with Gasteiger partial charge in [-0.2, -0.15) is 0 Å². The number of amides is 1. The molecular formula is C18H19NO4. The molecule has 1 amide bonds. The molecule has 0 aromatic heterocycles. The van der Waals surface area contributed by atoms with E-state index < -0.39 is 0 Å². The van der Waals surface area contributed by atoms with Crippen molar-refractivity contribution >= 4 is 17.9 Å². The van der Waals surface area contributed by atoms with E-state index in [2.05, 4.69) is 5.32 Å². The molecule has 0 aliphatic heterocycles. The molecule has 120 valence electrons. The van der Waals surface area contributed by atoms with Gasteiger partial charge in [-0.15, -0.1) is 0 Å². The average molecular weight is 313 g/mol. The number of aldehydes is 1. The van der Waals surface area contributed by atoms with E-state index in [1.54, 1.807) is 12.1 Å². The number of methoxy groups -OCH3 is 1. The lowest BCUT2D eigenvalue weighted by Gasteiger charge is -2.12. The minimum Gasteiger partial charge on any atom is -0.493 e. The fourth-order valence-electron chi connectivity index (χ4n) is 2.16. The Labute approximate surface area is 135 Å². The quantitative estimate of drug-likeness (QED) is 0.832. The van der Waals surface area contributed by atoms with Gasteiger partial charge < -0.3 is 14.8 Å². The molecule has 2 aromatic carbocycles. The SMILES string of the molecule is COc1ccc(C=O)cc1OCC(=O)Nc1ccc(C)cc1C. The average Bonchev–Trinajstić information content (AvgIpc) is 2.55. The van der Waals surface area contributed by atoms with Gasteiger partial charge in [0.25, 0.3) is 5.91 Å². The van der Waals surface area contributed by atoms with Gasteiger partial charge in [-0.3, -0.25) is 9.59 Å². The zero-order valence-electron chi connectivity index (χ0n) is 13.4. The van der Waals surface area contributed by atoms with Crippen molar-refractivity contribution < 1.29 is 19.1 Å². The molecule has 0 fully saturated rings. The summed E-state index contributed by atoms with van der Waals surface area (Å²) in [4.78, 5) is 22.9. The lowest BCUT2D eigenvalue weighted by molar-refractivity contribution is -0.118. The van der Waals surface area contributed by atoms with Crippen LogP contribution in [0, 0.1) is 13.8 Å². The lowest BCUT2D eigenvalue weighted by Crippen LogP contribution is -2.20. The summed E-state index contributed by atoms with van der Waals surface area (Å²) < 4.78 is 10.6. The molecular weight excluding hydrogens is 294 g/mol. The van der Waals surface area contributed by atoms with E-state index in [0.29, 0.717) is 23.3 Å². The maximum atomic E-state index is 12.0. The van der Waals surface area contributed by atoms with Crippen molar-refractivity contribution in [3.05, 3.63) is 53.1 Å². The van der Waals surface area contributed by atoms with Crippen molar-refractivity contribution in [3.63, 3.8) is 0 Å². The molecule has 0 aliphatic carbocycles. The molecule has 0 heterocycles. The monoisotopic (exact) mass is 313 g/mol. The molecule has 0 radical (unpaired) electrons. The maximum absolute atomic E-state index is 12.0. The van der Waals surface area contributed by atoms with Crippen LogP contribution in [-0.2, 0) is 4.79 Å². The van der Waals surface area contributed by atoms with Crippen molar-refractivity contribution in [2.45, 2.75) is 13.8 Å². The first kappa shape index (κ1) is 16.5. The zero-order chi connectivity index (χ0) is 16.8. The molecule has 0 aliphatic rings. The molecule has 23 heavy (non-hydrogen) atoms. The first-order valence-corrected chi connectivity index (χ1v) is 7.16. The fourth-order valence-corrected chi connectivity index (χ4v) is 2.16. The van der Waals surface area contributed by atoms with Crippen LogP contribution in [0.15, 0.2) is 36.4 Å². The van der Waals surface area contributed by atoms with Crippen molar-refractivity contribution in [1.29, 1.82) is 0 Å². The van der Waals surface area contributed by atoms with Crippen LogP contribution in [0.25, 0.3) is 0 Å². The highest BCUT2D eigenvalue weighted by molar-refractivity contribution is 5.92. The summed E-state index contributed by atoms with van der Waals surface area (Å²) in [5.41, 5.74) is 3.32. The molecule has 5 heteroatoms. The van der Waals surface area contributed by atoms with E-state index in [1.807, 2.05) is 32.0 Å². The number of benzene rings is 2. The Morgan fingerprint density at radius 3 is 2.57 bits per heavy atom. The van der Waals surface area contributed by atoms with Gasteiger partial charge in [0.2, 0.25) is 0 Å². The van der Waals surface area contributed by atoms with Crippen LogP contribution < -0.4 is 14.8 Å². The van der Waals surface area contributed by atoms with E-state index in [0.717, 1.165) is 16.8 Å². The Morgan fingerprint density at radius 1 is 1.13 bits per heavy atom. The Morgan fingerprint density at radius 2 is 1.91 bits per heavy atom. The number of rotatable bonds is 6. The highest BCUT2D eigenvalue weighted by Gasteiger charge is 2.10. The van der Waals surface area contributed by atoms with Crippen LogP contribution in [0.5, 0.6) is 11.5 Å². The van der Waals surface area contributed by atoms with Gasteiger partial charge in [0, 0.05) is 11.3 Å². The number of carbonyl (C=O) groups excluding carboxylic acids is 2. The summed E-state index contributed by atoms with van der Waals surface area (Å²) in [6.45, 7) is 3.75. The van der Waals surface area contributed by atoms with Crippen LogP contribution >= 0.6 is 0 Å². The Hall–Kier alpha value is -2.82. The predicted molar refractivity (Wildman–Crippen MR) is 88.4 cm³/mol. The molecule has 0 atom stereocenters. The summed E-state index contributed by atoms with van der Waals surface area (Å²) in [5.74, 6) is 0.540. The van der Waals surface area contributed by atoms with Crippen LogP contribution in [0.4, 0.5) is 5.69 Å². The standard InChI is InChI=1S/C18H19NO4/c1-12-4-6-15(13(2)8-12)19-18(21)11-23-17-9-14(10-20)5-7-16(17)22-3/h4-10H,11H2,1-3H3,(H,19,21). The number of ether oxygens (including phenoxy) is 2. The number of hydrogen-bond acceptors (Lipinski definition) is 4. The van der Waals surface area contributed by atoms with Crippen LogP contribution in [0.2, 0.25) is 0 Å². The predicted octanol–water partition coefficient (Wildman–Crippen LogP) is 3.14. The first-order valence-electron chi connectivity index (χ1n) is 7.16. The number of carbonyl (C=O) groups is 2. The van der Waals surface area contributed by atoms with E-state index in [-0.39, 0.29) is 12.5 Å². The van der Waals surface area contributed by atoms with Crippen molar-refractivity contribution in [2.24, 2.45) is 0 Å². The highest BCUT2D eigenvalue weighted by atomic mass is 16.5. The molecule has 0 spiro atoms. The first-order chi connectivity index (χ1) is 11.0. The van der Waals surface area contributed by atoms with Crippen molar-refractivity contribution in [1.82, 2.24) is 0 Å². The summed E-state index contributed by atoms with van der Waals surface area (Å²) >= 11 is 0. The third kappa shape index (κ3) is 4.32. The Bertz CT molecular complexity index is 725. The summed E-state index contributed by atoms with van der Waals surface area (Å²) in [6, 6.07) is 10.6. The topological polar surface area (TPSA) is 64.6 Å². The molecule has 5 nitrogen and oxygen atoms in total. The third-order valence-electron chi connectivity index (χ3n) is 3.34. The molecule has 2 rings (SSSR count). The minimum absolute atomic E-state index is 0.175. The third-order valence-corrected chi connectivity index (χ3v) is 3.34. The smallest absolute Gasteiger partial charge is 0.262 e. The zero-order valence-corrected chi connectivity index (χ0v) is 13.4. The molecule has 0 saturated carbocycles. The van der Waals surface area contributed by atoms with Gasteiger partial charge in [0.1, 0.15) is 6.29 Å². The molecule has 2 aromatic rings. The molecule has 0 unspecified atom stereocenters. The van der Waals surface area contributed by atoms with Crippen LogP contribution in [-0.4, -0.2) is 25.9 Å². The number of anilines is 1. The lowest BCUT2D eigenvalue weighted by atomic mass is 10.1. The second-order valence-corrected chi connectivity index (χ2v) is 5.18. The van der Waals surface area contributed by atoms with Gasteiger partial charge in [-0.1, -0.05) is 17.7 Å². The Kier molecular flexibility index (Phi) is 5.36. The van der Waals surface area contributed by atoms with Crippen molar-refractivity contribution in [2.75, 3.05) is 19.0 Å². The second-order valence-electron chi connectivity index (χ2n) is 5.18. The number of nitrogens with one attached hydrogen (secondary N) is 1. The van der Waals surface area contributed by atoms with E-state index in [1.165, 1.54) is 13.2 Å². The summed E-state index contributed by atoms with van der Waals surface area (Å²) in [6.07, 6.45) is 0.710. The summed E-state index contributed by atoms with van der Waals surface area (Å²) in [7, 11) is 1.50. The van der Waals surface area contributed by atoms with E-state index in [9.17, 15) is 9.59 Å². The van der Waals surface area contributed by atoms with Crippen molar-refractivity contribution in [3.8, 4) is 11.5 Å². The van der Waals surface area contributed by atoms with E-state index in [4.69, 9.17) is 9.47 Å². The fraction of sp³-hybridized carbons (Fsp3) is 0.222. The molecule has 0 saturated heterocycles. The Balaban J connectivity index is 2.03. The maximum Gasteiger partial charge on any atom is 0.262 e. The molecule has 0 bridgehead atoms. The highest BCUT2D eigenvalue weighted by Crippen LogP contribution is 2.27. The van der Waals surface area contributed by atoms with Gasteiger partial charge >= 0.3 is 0 Å². The van der Waals surface area contributed by atoms with Gasteiger partial charge in [-0.25, -0.2) is 0 Å².